The van der Waals surface area contributed by atoms with E-state index in [9.17, 15) is 9.59 Å². The van der Waals surface area contributed by atoms with Gasteiger partial charge in [-0.1, -0.05) is 35.3 Å². The average molecular weight is 580 g/mol. The van der Waals surface area contributed by atoms with Crippen molar-refractivity contribution in [3.63, 3.8) is 0 Å². The number of hydrogen-bond acceptors (Lipinski definition) is 6. The first-order valence-electron chi connectivity index (χ1n) is 9.95. The minimum absolute atomic E-state index is 0.0608. The minimum atomic E-state index is -0.397. The number of methoxy groups -OCH3 is 1. The number of amides is 2. The molecule has 0 atom stereocenters. The number of imide groups is 1. The number of pyridine rings is 1. The molecule has 2 heterocycles. The number of ether oxygens (including phenoxy) is 2. The molecule has 0 radical (unpaired) electrons. The smallest absolute Gasteiger partial charge is 0.293 e. The Kier molecular flexibility index (Phi) is 7.83. The number of aromatic nitrogens is 1. The lowest BCUT2D eigenvalue weighted by molar-refractivity contribution is -0.123. The summed E-state index contributed by atoms with van der Waals surface area (Å²) >= 11 is 16.5. The van der Waals surface area contributed by atoms with Crippen molar-refractivity contribution >= 4 is 68.1 Å². The standard InChI is InChI=1S/C24H17BrCl2N2O4S/c1-32-20-9-14(8-18(25)22(20)33-13-17-4-2-3-7-28-17)10-21-23(30)29(24(31)34-21)12-15-5-6-16(26)11-19(15)27/h2-11H,12-13H2,1H3/b21-10-. The zero-order valence-electron chi connectivity index (χ0n) is 17.8. The molecule has 1 aromatic heterocycles. The highest BCUT2D eigenvalue weighted by atomic mass is 79.9. The SMILES string of the molecule is COc1cc(/C=C2\SC(=O)N(Cc3ccc(Cl)cc3Cl)C2=O)cc(Br)c1OCc1ccccn1. The van der Waals surface area contributed by atoms with Crippen molar-refractivity contribution in [3.8, 4) is 11.5 Å². The second-order valence-corrected chi connectivity index (χ2v) is 9.84. The lowest BCUT2D eigenvalue weighted by Crippen LogP contribution is -2.27. The second-order valence-electron chi connectivity index (χ2n) is 7.15. The third-order valence-electron chi connectivity index (χ3n) is 4.86. The fourth-order valence-electron chi connectivity index (χ4n) is 3.20. The van der Waals surface area contributed by atoms with Crippen LogP contribution in [0.5, 0.6) is 11.5 Å². The molecule has 1 saturated heterocycles. The molecule has 0 N–H and O–H groups in total. The molecule has 0 unspecified atom stereocenters. The summed E-state index contributed by atoms with van der Waals surface area (Å²) in [6.45, 7) is 0.326. The van der Waals surface area contributed by atoms with Crippen LogP contribution in [0.4, 0.5) is 4.79 Å². The number of thioether (sulfide) groups is 1. The van der Waals surface area contributed by atoms with Crippen molar-refractivity contribution in [2.75, 3.05) is 7.11 Å². The Hall–Kier alpha value is -2.52. The van der Waals surface area contributed by atoms with E-state index in [1.54, 1.807) is 42.6 Å². The number of benzene rings is 2. The average Bonchev–Trinajstić information content (AvgIpc) is 3.07. The van der Waals surface area contributed by atoms with Crippen LogP contribution in [0.15, 0.2) is 64.1 Å². The van der Waals surface area contributed by atoms with E-state index in [-0.39, 0.29) is 18.4 Å². The summed E-state index contributed by atoms with van der Waals surface area (Å²) in [6, 6.07) is 14.1. The lowest BCUT2D eigenvalue weighted by Gasteiger charge is -2.14. The van der Waals surface area contributed by atoms with Gasteiger partial charge in [0.2, 0.25) is 0 Å². The van der Waals surface area contributed by atoms with E-state index < -0.39 is 5.91 Å². The van der Waals surface area contributed by atoms with Crippen LogP contribution < -0.4 is 9.47 Å². The molecule has 6 nitrogen and oxygen atoms in total. The van der Waals surface area contributed by atoms with E-state index in [4.69, 9.17) is 32.7 Å². The van der Waals surface area contributed by atoms with Gasteiger partial charge in [-0.15, -0.1) is 0 Å². The maximum Gasteiger partial charge on any atom is 0.293 e. The van der Waals surface area contributed by atoms with Crippen LogP contribution in [0.2, 0.25) is 10.0 Å². The predicted octanol–water partition coefficient (Wildman–Crippen LogP) is 6.98. The molecule has 0 bridgehead atoms. The Morgan fingerprint density at radius 2 is 1.97 bits per heavy atom. The first kappa shape index (κ1) is 24.6. The summed E-state index contributed by atoms with van der Waals surface area (Å²) in [5, 5.41) is 0.504. The first-order chi connectivity index (χ1) is 16.4. The maximum atomic E-state index is 12.9. The number of carbonyl (C=O) groups is 2. The summed E-state index contributed by atoms with van der Waals surface area (Å²) in [6.07, 6.45) is 3.34. The Balaban J connectivity index is 1.54. The molecule has 1 aliphatic heterocycles. The van der Waals surface area contributed by atoms with E-state index in [0.717, 1.165) is 22.4 Å². The molecular formula is C24H17BrCl2N2O4S. The van der Waals surface area contributed by atoms with Gasteiger partial charge in [0.25, 0.3) is 11.1 Å². The van der Waals surface area contributed by atoms with Crippen LogP contribution in [0.25, 0.3) is 6.08 Å². The van der Waals surface area contributed by atoms with Gasteiger partial charge in [-0.05, 0) is 81.3 Å². The zero-order chi connectivity index (χ0) is 24.2. The van der Waals surface area contributed by atoms with Crippen LogP contribution in [-0.4, -0.2) is 28.1 Å². The molecular weight excluding hydrogens is 563 g/mol. The molecule has 0 saturated carbocycles. The zero-order valence-corrected chi connectivity index (χ0v) is 21.7. The molecule has 1 fully saturated rings. The Morgan fingerprint density at radius 1 is 1.15 bits per heavy atom. The summed E-state index contributed by atoms with van der Waals surface area (Å²) in [7, 11) is 1.53. The monoisotopic (exact) mass is 578 g/mol. The van der Waals surface area contributed by atoms with Crippen LogP contribution >= 0.6 is 50.9 Å². The van der Waals surface area contributed by atoms with E-state index in [0.29, 0.717) is 42.0 Å². The number of hydrogen-bond donors (Lipinski definition) is 0. The summed E-state index contributed by atoms with van der Waals surface area (Å²) < 4.78 is 12.0. The summed E-state index contributed by atoms with van der Waals surface area (Å²) in [5.41, 5.74) is 2.08. The topological polar surface area (TPSA) is 68.7 Å². The molecule has 34 heavy (non-hydrogen) atoms. The van der Waals surface area contributed by atoms with E-state index in [1.165, 1.54) is 7.11 Å². The van der Waals surface area contributed by atoms with Gasteiger partial charge in [-0.25, -0.2) is 0 Å². The normalized spacial score (nSPS) is 14.7. The van der Waals surface area contributed by atoms with Crippen LogP contribution in [0, 0.1) is 0 Å². The quantitative estimate of drug-likeness (QED) is 0.281. The van der Waals surface area contributed by atoms with Crippen LogP contribution in [0.1, 0.15) is 16.8 Å². The molecule has 2 amide bonds. The molecule has 0 spiro atoms. The van der Waals surface area contributed by atoms with Gasteiger partial charge >= 0.3 is 0 Å². The van der Waals surface area contributed by atoms with Gasteiger partial charge in [0.1, 0.15) is 6.61 Å². The van der Waals surface area contributed by atoms with Gasteiger partial charge in [0.15, 0.2) is 11.5 Å². The summed E-state index contributed by atoms with van der Waals surface area (Å²) in [5.74, 6) is 0.589. The Bertz CT molecular complexity index is 1290. The molecule has 1 aliphatic rings. The fraction of sp³-hybridized carbons (Fsp3) is 0.125. The largest absolute Gasteiger partial charge is 0.493 e. The number of carbonyl (C=O) groups excluding carboxylic acids is 2. The Labute approximate surface area is 219 Å². The van der Waals surface area contributed by atoms with Crippen molar-refractivity contribution in [1.29, 1.82) is 0 Å². The van der Waals surface area contributed by atoms with Crippen molar-refractivity contribution < 1.29 is 19.1 Å². The highest BCUT2D eigenvalue weighted by Gasteiger charge is 2.35. The Morgan fingerprint density at radius 3 is 2.68 bits per heavy atom. The van der Waals surface area contributed by atoms with Gasteiger partial charge in [-0.2, -0.15) is 0 Å². The first-order valence-corrected chi connectivity index (χ1v) is 12.3. The molecule has 4 rings (SSSR count). The van der Waals surface area contributed by atoms with Crippen molar-refractivity contribution in [2.45, 2.75) is 13.2 Å². The molecule has 0 aliphatic carbocycles. The molecule has 3 aromatic rings. The minimum Gasteiger partial charge on any atom is -0.493 e. The third-order valence-corrected chi connectivity index (χ3v) is 6.94. The van der Waals surface area contributed by atoms with E-state index in [2.05, 4.69) is 20.9 Å². The predicted molar refractivity (Wildman–Crippen MR) is 137 cm³/mol. The summed E-state index contributed by atoms with van der Waals surface area (Å²) in [4.78, 5) is 31.2. The van der Waals surface area contributed by atoms with Gasteiger partial charge in [-0.3, -0.25) is 19.5 Å². The van der Waals surface area contributed by atoms with Gasteiger partial charge in [0.05, 0.1) is 28.7 Å². The molecule has 174 valence electrons. The van der Waals surface area contributed by atoms with Gasteiger partial charge < -0.3 is 9.47 Å². The van der Waals surface area contributed by atoms with Crippen molar-refractivity contribution in [1.82, 2.24) is 9.88 Å². The molecule has 10 heteroatoms. The number of halogens is 3. The lowest BCUT2D eigenvalue weighted by atomic mass is 10.1. The third kappa shape index (κ3) is 5.58. The van der Waals surface area contributed by atoms with Crippen LogP contribution in [0.3, 0.4) is 0 Å². The maximum absolute atomic E-state index is 12.9. The second kappa shape index (κ2) is 10.8. The fourth-order valence-corrected chi connectivity index (χ4v) is 5.08. The van der Waals surface area contributed by atoms with Gasteiger partial charge in [0, 0.05) is 16.2 Å². The van der Waals surface area contributed by atoms with Crippen molar-refractivity contribution in [3.05, 3.63) is 91.0 Å². The van der Waals surface area contributed by atoms with Crippen LogP contribution in [-0.2, 0) is 17.9 Å². The van der Waals surface area contributed by atoms with E-state index >= 15 is 0 Å². The number of rotatable bonds is 7. The highest BCUT2D eigenvalue weighted by Crippen LogP contribution is 2.40. The molecule has 2 aromatic carbocycles. The highest BCUT2D eigenvalue weighted by molar-refractivity contribution is 9.10. The number of nitrogens with zero attached hydrogens (tertiary/aromatic N) is 2. The van der Waals surface area contributed by atoms with E-state index in [1.807, 2.05) is 18.2 Å². The van der Waals surface area contributed by atoms with Crippen molar-refractivity contribution in [2.24, 2.45) is 0 Å².